The quantitative estimate of drug-likeness (QED) is 0.629. The number of piperazine rings is 1. The van der Waals surface area contributed by atoms with E-state index < -0.39 is 0 Å². The van der Waals surface area contributed by atoms with Crippen LogP contribution in [0.25, 0.3) is 5.82 Å². The average molecular weight is 409 g/mol. The molecule has 0 aliphatic carbocycles. The molecule has 0 unspecified atom stereocenters. The Labute approximate surface area is 176 Å². The van der Waals surface area contributed by atoms with Crippen molar-refractivity contribution in [2.45, 2.75) is 34.2 Å². The Morgan fingerprint density at radius 1 is 0.833 bits per heavy atom. The third kappa shape index (κ3) is 4.40. The van der Waals surface area contributed by atoms with Crippen LogP contribution in [0.2, 0.25) is 0 Å². The maximum Gasteiger partial charge on any atom is 0.266 e. The van der Waals surface area contributed by atoms with Gasteiger partial charge in [-0.25, -0.2) is 19.3 Å². The number of hydrogen-bond acceptors (Lipinski definition) is 7. The van der Waals surface area contributed by atoms with Crippen LogP contribution in [0, 0.1) is 27.7 Å². The molecule has 9 nitrogen and oxygen atoms in total. The second kappa shape index (κ2) is 8.35. The molecule has 0 radical (unpaired) electrons. The van der Waals surface area contributed by atoms with Gasteiger partial charge in [0.25, 0.3) is 5.56 Å². The van der Waals surface area contributed by atoms with Crippen LogP contribution in [0.4, 0.5) is 5.95 Å². The van der Waals surface area contributed by atoms with E-state index in [-0.39, 0.29) is 5.56 Å². The topological polar surface area (TPSA) is 85.0 Å². The van der Waals surface area contributed by atoms with Crippen molar-refractivity contribution in [3.63, 3.8) is 0 Å². The number of nitrogens with zero attached hydrogens (tertiary/aromatic N) is 8. The van der Waals surface area contributed by atoms with Gasteiger partial charge in [-0.15, -0.1) is 5.10 Å². The summed E-state index contributed by atoms with van der Waals surface area (Å²) in [5.74, 6) is 1.47. The largest absolute Gasteiger partial charge is 0.338 e. The summed E-state index contributed by atoms with van der Waals surface area (Å²) in [5, 5.41) is 8.99. The van der Waals surface area contributed by atoms with Gasteiger partial charge in [-0.3, -0.25) is 9.69 Å². The Balaban J connectivity index is 1.38. The van der Waals surface area contributed by atoms with Crippen molar-refractivity contribution >= 4 is 5.95 Å². The van der Waals surface area contributed by atoms with Crippen molar-refractivity contribution in [2.24, 2.45) is 0 Å². The summed E-state index contributed by atoms with van der Waals surface area (Å²) in [6.07, 6.45) is 0. The van der Waals surface area contributed by atoms with E-state index in [1.807, 2.05) is 39.8 Å². The third-order valence-electron chi connectivity index (χ3n) is 5.33. The maximum atomic E-state index is 12.3. The zero-order valence-corrected chi connectivity index (χ0v) is 18.0. The number of aromatic nitrogens is 6. The van der Waals surface area contributed by atoms with Gasteiger partial charge in [0.2, 0.25) is 5.95 Å². The van der Waals surface area contributed by atoms with E-state index in [4.69, 9.17) is 0 Å². The average Bonchev–Trinajstić information content (AvgIpc) is 3.05. The zero-order valence-electron chi connectivity index (χ0n) is 18.0. The first kappa shape index (κ1) is 20.2. The lowest BCUT2D eigenvalue weighted by Crippen LogP contribution is -2.48. The monoisotopic (exact) mass is 408 g/mol. The first-order valence-corrected chi connectivity index (χ1v) is 10.3. The van der Waals surface area contributed by atoms with Crippen molar-refractivity contribution < 1.29 is 0 Å². The molecule has 1 saturated heterocycles. The molecule has 0 atom stereocenters. The fourth-order valence-electron chi connectivity index (χ4n) is 3.83. The molecule has 9 heteroatoms. The van der Waals surface area contributed by atoms with Gasteiger partial charge in [0.1, 0.15) is 0 Å². The SMILES string of the molecule is Cc1cc(C)nc(N2CCN(CCn3nc(-n4nc(C)cc4C)ccc3=O)CC2)n1. The number of hydrogen-bond donors (Lipinski definition) is 0. The Morgan fingerprint density at radius 2 is 1.53 bits per heavy atom. The van der Waals surface area contributed by atoms with Crippen LogP contribution in [0.3, 0.4) is 0 Å². The van der Waals surface area contributed by atoms with Crippen molar-refractivity contribution in [1.82, 2.24) is 34.4 Å². The van der Waals surface area contributed by atoms with E-state index >= 15 is 0 Å². The van der Waals surface area contributed by atoms with Crippen LogP contribution in [-0.4, -0.2) is 67.2 Å². The third-order valence-corrected chi connectivity index (χ3v) is 5.33. The molecule has 0 aromatic carbocycles. The van der Waals surface area contributed by atoms with Gasteiger partial charge < -0.3 is 4.90 Å². The summed E-state index contributed by atoms with van der Waals surface area (Å²) in [6, 6.07) is 7.27. The van der Waals surface area contributed by atoms with Gasteiger partial charge in [0.05, 0.1) is 12.2 Å². The molecule has 0 spiro atoms. The molecule has 158 valence electrons. The molecule has 0 saturated carbocycles. The van der Waals surface area contributed by atoms with Crippen LogP contribution in [0.5, 0.6) is 0 Å². The molecule has 1 aliphatic rings. The predicted octanol–water partition coefficient (Wildman–Crippen LogP) is 1.27. The van der Waals surface area contributed by atoms with Crippen LogP contribution in [-0.2, 0) is 6.54 Å². The Hall–Kier alpha value is -3.07. The van der Waals surface area contributed by atoms with Crippen LogP contribution >= 0.6 is 0 Å². The lowest BCUT2D eigenvalue weighted by Gasteiger charge is -2.34. The van der Waals surface area contributed by atoms with Gasteiger partial charge in [-0.2, -0.15) is 5.10 Å². The highest BCUT2D eigenvalue weighted by molar-refractivity contribution is 5.33. The van der Waals surface area contributed by atoms with E-state index in [0.29, 0.717) is 12.4 Å². The minimum absolute atomic E-state index is 0.0949. The molecule has 1 aliphatic heterocycles. The van der Waals surface area contributed by atoms with Gasteiger partial charge in [-0.1, -0.05) is 0 Å². The van der Waals surface area contributed by atoms with Gasteiger partial charge in [-0.05, 0) is 45.9 Å². The molecule has 0 bridgehead atoms. The highest BCUT2D eigenvalue weighted by Crippen LogP contribution is 2.13. The molecular formula is C21H28N8O. The molecule has 30 heavy (non-hydrogen) atoms. The fraction of sp³-hybridized carbons (Fsp3) is 0.476. The standard InChI is InChI=1S/C21H28N8O/c1-15-13-16(2)23-21(22-15)27-10-7-26(8-11-27)9-12-28-20(30)6-5-19(25-28)29-18(4)14-17(3)24-29/h5-6,13-14H,7-12H2,1-4H3. The summed E-state index contributed by atoms with van der Waals surface area (Å²) < 4.78 is 3.30. The Morgan fingerprint density at radius 3 is 2.17 bits per heavy atom. The molecule has 3 aromatic heterocycles. The zero-order chi connectivity index (χ0) is 21.3. The molecule has 0 amide bonds. The lowest BCUT2D eigenvalue weighted by atomic mass is 10.3. The summed E-state index contributed by atoms with van der Waals surface area (Å²) in [5.41, 5.74) is 3.82. The van der Waals surface area contributed by atoms with Crippen LogP contribution < -0.4 is 10.5 Å². The van der Waals surface area contributed by atoms with Gasteiger partial charge in [0, 0.05) is 55.9 Å². The van der Waals surface area contributed by atoms with Crippen LogP contribution in [0.1, 0.15) is 22.8 Å². The van der Waals surface area contributed by atoms with Crippen LogP contribution in [0.15, 0.2) is 29.1 Å². The second-order valence-electron chi connectivity index (χ2n) is 7.87. The smallest absolute Gasteiger partial charge is 0.266 e. The van der Waals surface area contributed by atoms with E-state index in [0.717, 1.165) is 61.4 Å². The van der Waals surface area contributed by atoms with Crippen molar-refractivity contribution in [2.75, 3.05) is 37.6 Å². The predicted molar refractivity (Wildman–Crippen MR) is 115 cm³/mol. The first-order valence-electron chi connectivity index (χ1n) is 10.3. The van der Waals surface area contributed by atoms with Gasteiger partial charge in [0.15, 0.2) is 5.82 Å². The molecule has 1 fully saturated rings. The van der Waals surface area contributed by atoms with Crippen molar-refractivity contribution in [3.8, 4) is 5.82 Å². The molecule has 4 rings (SSSR count). The molecule has 3 aromatic rings. The van der Waals surface area contributed by atoms with Crippen molar-refractivity contribution in [3.05, 3.63) is 57.4 Å². The number of rotatable bonds is 5. The summed E-state index contributed by atoms with van der Waals surface area (Å²) in [7, 11) is 0. The first-order chi connectivity index (χ1) is 14.4. The Bertz CT molecular complexity index is 1070. The summed E-state index contributed by atoms with van der Waals surface area (Å²) >= 11 is 0. The highest BCUT2D eigenvalue weighted by Gasteiger charge is 2.19. The normalized spacial score (nSPS) is 15.0. The van der Waals surface area contributed by atoms with E-state index in [1.54, 1.807) is 16.8 Å². The minimum Gasteiger partial charge on any atom is -0.338 e. The number of anilines is 1. The van der Waals surface area contributed by atoms with Gasteiger partial charge >= 0.3 is 0 Å². The molecular weight excluding hydrogens is 380 g/mol. The van der Waals surface area contributed by atoms with Crippen molar-refractivity contribution in [1.29, 1.82) is 0 Å². The summed E-state index contributed by atoms with van der Waals surface area (Å²) in [6.45, 7) is 12.8. The maximum absolute atomic E-state index is 12.3. The molecule has 0 N–H and O–H groups in total. The van der Waals surface area contributed by atoms with E-state index in [9.17, 15) is 4.79 Å². The van der Waals surface area contributed by atoms with E-state index in [1.165, 1.54) is 4.68 Å². The minimum atomic E-state index is -0.0949. The Kier molecular flexibility index (Phi) is 5.63. The fourth-order valence-corrected chi connectivity index (χ4v) is 3.83. The molecule has 4 heterocycles. The lowest BCUT2D eigenvalue weighted by molar-refractivity contribution is 0.241. The highest BCUT2D eigenvalue weighted by atomic mass is 16.1. The van der Waals surface area contributed by atoms with E-state index in [2.05, 4.69) is 30.0 Å². The number of aryl methyl sites for hydroxylation is 4. The summed E-state index contributed by atoms with van der Waals surface area (Å²) in [4.78, 5) is 26.0. The second-order valence-corrected chi connectivity index (χ2v) is 7.87.